The standard InChI is InChI=1S/C12H19P/c1-4-12(13(2)3)10-11-8-6-5-7-9-11/h5-9,12H,4,10H2,1-3H3. The maximum absolute atomic E-state index is 2.38. The summed E-state index contributed by atoms with van der Waals surface area (Å²) in [7, 11) is 0.212. The molecule has 0 spiro atoms. The highest BCUT2D eigenvalue weighted by Crippen LogP contribution is 2.36. The molecule has 0 fully saturated rings. The van der Waals surface area contributed by atoms with E-state index in [4.69, 9.17) is 0 Å². The zero-order chi connectivity index (χ0) is 9.68. The fourth-order valence-electron chi connectivity index (χ4n) is 1.58. The molecule has 0 N–H and O–H groups in total. The van der Waals surface area contributed by atoms with Crippen LogP contribution in [0, 0.1) is 0 Å². The van der Waals surface area contributed by atoms with Crippen molar-refractivity contribution in [3.63, 3.8) is 0 Å². The van der Waals surface area contributed by atoms with E-state index < -0.39 is 0 Å². The van der Waals surface area contributed by atoms with E-state index in [1.54, 1.807) is 0 Å². The Morgan fingerprint density at radius 3 is 2.23 bits per heavy atom. The van der Waals surface area contributed by atoms with E-state index >= 15 is 0 Å². The third kappa shape index (κ3) is 3.48. The van der Waals surface area contributed by atoms with Gasteiger partial charge in [-0.15, -0.1) is 7.92 Å². The van der Waals surface area contributed by atoms with Gasteiger partial charge in [0.15, 0.2) is 0 Å². The lowest BCUT2D eigenvalue weighted by atomic mass is 10.1. The van der Waals surface area contributed by atoms with Crippen LogP contribution in [-0.2, 0) is 6.42 Å². The third-order valence-electron chi connectivity index (χ3n) is 2.52. The fourth-order valence-corrected chi connectivity index (χ4v) is 2.88. The van der Waals surface area contributed by atoms with Crippen molar-refractivity contribution < 1.29 is 0 Å². The molecule has 0 aromatic heterocycles. The predicted molar refractivity (Wildman–Crippen MR) is 63.0 cm³/mol. The first-order valence-electron chi connectivity index (χ1n) is 4.94. The summed E-state index contributed by atoms with van der Waals surface area (Å²) in [5.41, 5.74) is 2.39. The van der Waals surface area contributed by atoms with Gasteiger partial charge in [0.05, 0.1) is 0 Å². The lowest BCUT2D eigenvalue weighted by Gasteiger charge is -2.19. The summed E-state index contributed by atoms with van der Waals surface area (Å²) in [5.74, 6) is 0. The molecule has 1 unspecified atom stereocenters. The average Bonchev–Trinajstić information content (AvgIpc) is 2.15. The molecule has 0 nitrogen and oxygen atoms in total. The first-order chi connectivity index (χ1) is 6.24. The summed E-state index contributed by atoms with van der Waals surface area (Å²) in [6.45, 7) is 7.06. The monoisotopic (exact) mass is 194 g/mol. The maximum atomic E-state index is 2.38. The number of benzene rings is 1. The van der Waals surface area contributed by atoms with Crippen molar-refractivity contribution in [2.24, 2.45) is 0 Å². The van der Waals surface area contributed by atoms with E-state index in [9.17, 15) is 0 Å². The Bertz CT molecular complexity index is 228. The Balaban J connectivity index is 2.57. The van der Waals surface area contributed by atoms with Gasteiger partial charge in [-0.05, 0) is 37.4 Å². The van der Waals surface area contributed by atoms with E-state index in [0.29, 0.717) is 0 Å². The number of hydrogen-bond acceptors (Lipinski definition) is 0. The topological polar surface area (TPSA) is 0 Å². The normalized spacial score (nSPS) is 13.2. The van der Waals surface area contributed by atoms with Gasteiger partial charge in [-0.1, -0.05) is 37.3 Å². The molecular formula is C12H19P. The maximum Gasteiger partial charge on any atom is -0.0176 e. The first-order valence-corrected chi connectivity index (χ1v) is 7.25. The molecule has 0 saturated heterocycles. The molecule has 0 heterocycles. The minimum absolute atomic E-state index is 0.212. The van der Waals surface area contributed by atoms with Crippen LogP contribution in [0.25, 0.3) is 0 Å². The van der Waals surface area contributed by atoms with E-state index in [1.165, 1.54) is 18.4 Å². The molecule has 13 heavy (non-hydrogen) atoms. The van der Waals surface area contributed by atoms with Gasteiger partial charge in [0, 0.05) is 0 Å². The Kier molecular flexibility index (Phi) is 4.45. The van der Waals surface area contributed by atoms with Crippen molar-refractivity contribution in [2.75, 3.05) is 13.3 Å². The summed E-state index contributed by atoms with van der Waals surface area (Å²) in [6, 6.07) is 10.8. The fraction of sp³-hybridized carbons (Fsp3) is 0.500. The van der Waals surface area contributed by atoms with E-state index in [-0.39, 0.29) is 7.92 Å². The SMILES string of the molecule is CCC(Cc1ccccc1)P(C)C. The highest BCUT2D eigenvalue weighted by molar-refractivity contribution is 7.56. The van der Waals surface area contributed by atoms with Crippen LogP contribution < -0.4 is 0 Å². The molecule has 0 bridgehead atoms. The quantitative estimate of drug-likeness (QED) is 0.640. The number of hydrogen-bond donors (Lipinski definition) is 0. The van der Waals surface area contributed by atoms with Gasteiger partial charge in [0.1, 0.15) is 0 Å². The summed E-state index contributed by atoms with van der Waals surface area (Å²) in [6.07, 6.45) is 2.57. The van der Waals surface area contributed by atoms with Gasteiger partial charge in [0.2, 0.25) is 0 Å². The second kappa shape index (κ2) is 5.40. The summed E-state index contributed by atoms with van der Waals surface area (Å²) in [5, 5.41) is 0. The smallest absolute Gasteiger partial charge is 0.0176 e. The molecule has 0 amide bonds. The van der Waals surface area contributed by atoms with E-state index in [0.717, 1.165) is 5.66 Å². The first kappa shape index (κ1) is 10.7. The Morgan fingerprint density at radius 1 is 1.15 bits per heavy atom. The van der Waals surface area contributed by atoms with E-state index in [2.05, 4.69) is 50.6 Å². The van der Waals surface area contributed by atoms with Crippen LogP contribution in [0.1, 0.15) is 18.9 Å². The lowest BCUT2D eigenvalue weighted by Crippen LogP contribution is -2.06. The van der Waals surface area contributed by atoms with Crippen LogP contribution in [0.2, 0.25) is 0 Å². The van der Waals surface area contributed by atoms with Crippen molar-refractivity contribution in [3.8, 4) is 0 Å². The molecule has 0 aliphatic rings. The molecule has 1 atom stereocenters. The molecule has 0 saturated carbocycles. The van der Waals surface area contributed by atoms with Crippen LogP contribution in [0.5, 0.6) is 0 Å². The highest BCUT2D eigenvalue weighted by atomic mass is 31.1. The highest BCUT2D eigenvalue weighted by Gasteiger charge is 2.10. The van der Waals surface area contributed by atoms with Crippen LogP contribution in [0.3, 0.4) is 0 Å². The molecule has 1 rings (SSSR count). The van der Waals surface area contributed by atoms with Crippen LogP contribution in [-0.4, -0.2) is 19.0 Å². The van der Waals surface area contributed by atoms with Crippen molar-refractivity contribution in [2.45, 2.75) is 25.4 Å². The molecule has 1 aromatic rings. The molecule has 1 heteroatoms. The van der Waals surface area contributed by atoms with E-state index in [1.807, 2.05) is 0 Å². The average molecular weight is 194 g/mol. The van der Waals surface area contributed by atoms with Gasteiger partial charge >= 0.3 is 0 Å². The Labute approximate surface area is 83.1 Å². The van der Waals surface area contributed by atoms with Gasteiger partial charge in [-0.2, -0.15) is 0 Å². The van der Waals surface area contributed by atoms with Gasteiger partial charge < -0.3 is 0 Å². The molecule has 0 aliphatic heterocycles. The zero-order valence-corrected chi connectivity index (χ0v) is 9.72. The second-order valence-electron chi connectivity index (χ2n) is 3.72. The van der Waals surface area contributed by atoms with Gasteiger partial charge in [-0.25, -0.2) is 0 Å². The van der Waals surface area contributed by atoms with Crippen molar-refractivity contribution in [1.29, 1.82) is 0 Å². The minimum Gasteiger partial charge on any atom is -0.110 e. The van der Waals surface area contributed by atoms with Crippen LogP contribution in [0.4, 0.5) is 0 Å². The predicted octanol–water partition coefficient (Wildman–Crippen LogP) is 3.75. The molecule has 0 aliphatic carbocycles. The lowest BCUT2D eigenvalue weighted by molar-refractivity contribution is 0.806. The zero-order valence-electron chi connectivity index (χ0n) is 8.83. The number of rotatable bonds is 4. The van der Waals surface area contributed by atoms with Crippen molar-refractivity contribution in [3.05, 3.63) is 35.9 Å². The Morgan fingerprint density at radius 2 is 1.77 bits per heavy atom. The Hall–Kier alpha value is -0.350. The second-order valence-corrected chi connectivity index (χ2v) is 6.37. The molecule has 72 valence electrons. The van der Waals surface area contributed by atoms with Crippen molar-refractivity contribution >= 4 is 7.92 Å². The van der Waals surface area contributed by atoms with Crippen LogP contribution in [0.15, 0.2) is 30.3 Å². The largest absolute Gasteiger partial charge is 0.110 e. The van der Waals surface area contributed by atoms with Gasteiger partial charge in [0.25, 0.3) is 0 Å². The summed E-state index contributed by atoms with van der Waals surface area (Å²) >= 11 is 0. The third-order valence-corrected chi connectivity index (χ3v) is 4.52. The minimum atomic E-state index is 0.212. The van der Waals surface area contributed by atoms with Crippen molar-refractivity contribution in [1.82, 2.24) is 0 Å². The molecule has 0 radical (unpaired) electrons. The summed E-state index contributed by atoms with van der Waals surface area (Å²) < 4.78 is 0. The molecule has 1 aromatic carbocycles. The summed E-state index contributed by atoms with van der Waals surface area (Å²) in [4.78, 5) is 0. The molecular weight excluding hydrogens is 175 g/mol. The van der Waals surface area contributed by atoms with Gasteiger partial charge in [-0.3, -0.25) is 0 Å². The van der Waals surface area contributed by atoms with Crippen LogP contribution >= 0.6 is 7.92 Å².